The summed E-state index contributed by atoms with van der Waals surface area (Å²) in [6.07, 6.45) is 1.67. The van der Waals surface area contributed by atoms with Crippen molar-refractivity contribution < 1.29 is 18.6 Å². The number of hydrogen-bond donors (Lipinski definition) is 0. The van der Waals surface area contributed by atoms with Crippen molar-refractivity contribution in [1.29, 1.82) is 0 Å². The zero-order valence-corrected chi connectivity index (χ0v) is 12.9. The van der Waals surface area contributed by atoms with Gasteiger partial charge in [-0.3, -0.25) is 0 Å². The van der Waals surface area contributed by atoms with Gasteiger partial charge in [-0.15, -0.1) is 0 Å². The van der Waals surface area contributed by atoms with Crippen molar-refractivity contribution >= 4 is 0 Å². The van der Waals surface area contributed by atoms with Gasteiger partial charge in [0.1, 0.15) is 24.7 Å². The molecule has 4 nitrogen and oxygen atoms in total. The molecule has 0 bridgehead atoms. The van der Waals surface area contributed by atoms with Crippen molar-refractivity contribution in [3.63, 3.8) is 0 Å². The van der Waals surface area contributed by atoms with Gasteiger partial charge in [0.2, 0.25) is 5.88 Å². The molecular formula is C19H16FNO3. The van der Waals surface area contributed by atoms with E-state index in [0.29, 0.717) is 30.6 Å². The quantitative estimate of drug-likeness (QED) is 0.601. The molecule has 0 N–H and O–H groups in total. The first-order chi connectivity index (χ1) is 11.8. The topological polar surface area (TPSA) is 40.6 Å². The fourth-order valence-corrected chi connectivity index (χ4v) is 2.00. The molecule has 2 aromatic carbocycles. The Bertz CT molecular complexity index is 763. The van der Waals surface area contributed by atoms with Crippen LogP contribution in [0.25, 0.3) is 0 Å². The summed E-state index contributed by atoms with van der Waals surface area (Å²) in [5, 5.41) is 0. The Hall–Kier alpha value is -3.08. The van der Waals surface area contributed by atoms with E-state index in [9.17, 15) is 4.39 Å². The van der Waals surface area contributed by atoms with Crippen LogP contribution in [0.2, 0.25) is 0 Å². The molecule has 0 spiro atoms. The molecule has 3 rings (SSSR count). The summed E-state index contributed by atoms with van der Waals surface area (Å²) in [7, 11) is 0. The van der Waals surface area contributed by atoms with E-state index in [1.807, 2.05) is 12.1 Å². The van der Waals surface area contributed by atoms with Gasteiger partial charge < -0.3 is 14.2 Å². The Labute approximate surface area is 139 Å². The first-order valence-corrected chi connectivity index (χ1v) is 7.50. The lowest BCUT2D eigenvalue weighted by Crippen LogP contribution is -2.09. The minimum atomic E-state index is -0.399. The van der Waals surface area contributed by atoms with E-state index in [-0.39, 0.29) is 5.75 Å². The van der Waals surface area contributed by atoms with Gasteiger partial charge >= 0.3 is 0 Å². The van der Waals surface area contributed by atoms with Gasteiger partial charge in [0.05, 0.1) is 0 Å². The maximum absolute atomic E-state index is 13.5. The van der Waals surface area contributed by atoms with Gasteiger partial charge in [-0.1, -0.05) is 18.2 Å². The smallest absolute Gasteiger partial charge is 0.213 e. The molecule has 0 unspecified atom stereocenters. The van der Waals surface area contributed by atoms with Crippen LogP contribution in [0.15, 0.2) is 72.9 Å². The van der Waals surface area contributed by atoms with Crippen LogP contribution < -0.4 is 14.2 Å². The molecule has 0 radical (unpaired) electrons. The standard InChI is InChI=1S/C19H16FNO3/c20-17-5-1-2-6-18(17)24-16-10-8-15(9-11-16)22-13-14-23-19-7-3-4-12-21-19/h1-12H,13-14H2. The Balaban J connectivity index is 1.47. The van der Waals surface area contributed by atoms with Gasteiger partial charge in [-0.25, -0.2) is 9.37 Å². The molecule has 0 fully saturated rings. The molecule has 122 valence electrons. The van der Waals surface area contributed by atoms with Crippen LogP contribution in [0.1, 0.15) is 0 Å². The molecule has 0 aliphatic carbocycles. The number of aromatic nitrogens is 1. The van der Waals surface area contributed by atoms with E-state index in [1.165, 1.54) is 6.07 Å². The van der Waals surface area contributed by atoms with E-state index in [0.717, 1.165) is 0 Å². The van der Waals surface area contributed by atoms with Crippen LogP contribution in [-0.2, 0) is 0 Å². The number of para-hydroxylation sites is 1. The molecule has 5 heteroatoms. The van der Waals surface area contributed by atoms with Crippen molar-refractivity contribution in [3.8, 4) is 23.1 Å². The average molecular weight is 325 g/mol. The molecular weight excluding hydrogens is 309 g/mol. The van der Waals surface area contributed by atoms with Gasteiger partial charge in [0.25, 0.3) is 0 Å². The predicted octanol–water partition coefficient (Wildman–Crippen LogP) is 4.47. The second kappa shape index (κ2) is 7.97. The maximum Gasteiger partial charge on any atom is 0.213 e. The van der Waals surface area contributed by atoms with Gasteiger partial charge in [-0.05, 0) is 42.5 Å². The molecule has 0 amide bonds. The minimum absolute atomic E-state index is 0.190. The summed E-state index contributed by atoms with van der Waals surface area (Å²) in [5.74, 6) is 1.58. The third-order valence-corrected chi connectivity index (χ3v) is 3.13. The van der Waals surface area contributed by atoms with Gasteiger partial charge in [-0.2, -0.15) is 0 Å². The third-order valence-electron chi connectivity index (χ3n) is 3.13. The van der Waals surface area contributed by atoms with Crippen molar-refractivity contribution in [2.24, 2.45) is 0 Å². The Morgan fingerprint density at radius 1 is 0.750 bits per heavy atom. The number of hydrogen-bond acceptors (Lipinski definition) is 4. The summed E-state index contributed by atoms with van der Waals surface area (Å²) in [5.41, 5.74) is 0. The maximum atomic E-state index is 13.5. The summed E-state index contributed by atoms with van der Waals surface area (Å²) >= 11 is 0. The van der Waals surface area contributed by atoms with Crippen molar-refractivity contribution in [1.82, 2.24) is 4.98 Å². The molecule has 0 saturated heterocycles. The van der Waals surface area contributed by atoms with Crippen molar-refractivity contribution in [2.75, 3.05) is 13.2 Å². The zero-order valence-electron chi connectivity index (χ0n) is 12.9. The Morgan fingerprint density at radius 3 is 2.21 bits per heavy atom. The SMILES string of the molecule is Fc1ccccc1Oc1ccc(OCCOc2ccccn2)cc1. The predicted molar refractivity (Wildman–Crippen MR) is 88.1 cm³/mol. The Morgan fingerprint density at radius 2 is 1.46 bits per heavy atom. The lowest BCUT2D eigenvalue weighted by molar-refractivity contribution is 0.212. The number of benzene rings is 2. The highest BCUT2D eigenvalue weighted by Gasteiger charge is 2.03. The first kappa shape index (κ1) is 15.8. The van der Waals surface area contributed by atoms with Crippen LogP contribution in [0.3, 0.4) is 0 Å². The fourth-order valence-electron chi connectivity index (χ4n) is 2.00. The summed E-state index contributed by atoms with van der Waals surface area (Å²) in [6.45, 7) is 0.786. The highest BCUT2D eigenvalue weighted by atomic mass is 19.1. The van der Waals surface area contributed by atoms with Crippen LogP contribution in [0.5, 0.6) is 23.1 Å². The second-order valence-electron chi connectivity index (χ2n) is 4.87. The van der Waals surface area contributed by atoms with Crippen LogP contribution in [0.4, 0.5) is 4.39 Å². The van der Waals surface area contributed by atoms with Crippen LogP contribution >= 0.6 is 0 Å². The Kier molecular flexibility index (Phi) is 5.24. The molecule has 0 aliphatic heterocycles. The number of rotatable bonds is 7. The summed E-state index contributed by atoms with van der Waals surface area (Å²) in [4.78, 5) is 4.06. The molecule has 0 aliphatic rings. The van der Waals surface area contributed by atoms with E-state index >= 15 is 0 Å². The first-order valence-electron chi connectivity index (χ1n) is 7.50. The molecule has 1 heterocycles. The minimum Gasteiger partial charge on any atom is -0.490 e. The number of nitrogens with zero attached hydrogens (tertiary/aromatic N) is 1. The van der Waals surface area contributed by atoms with Crippen LogP contribution in [-0.4, -0.2) is 18.2 Å². The largest absolute Gasteiger partial charge is 0.490 e. The third kappa shape index (κ3) is 4.46. The highest BCUT2D eigenvalue weighted by Crippen LogP contribution is 2.25. The summed E-state index contributed by atoms with van der Waals surface area (Å²) < 4.78 is 30.0. The van der Waals surface area contributed by atoms with E-state index in [1.54, 1.807) is 54.7 Å². The van der Waals surface area contributed by atoms with Crippen molar-refractivity contribution in [2.45, 2.75) is 0 Å². The lowest BCUT2D eigenvalue weighted by atomic mass is 10.3. The summed E-state index contributed by atoms with van der Waals surface area (Å²) in [6, 6.07) is 18.7. The van der Waals surface area contributed by atoms with E-state index in [4.69, 9.17) is 14.2 Å². The van der Waals surface area contributed by atoms with E-state index < -0.39 is 5.82 Å². The molecule has 0 atom stereocenters. The number of halogens is 1. The monoisotopic (exact) mass is 325 g/mol. The van der Waals surface area contributed by atoms with Crippen LogP contribution in [0, 0.1) is 5.82 Å². The fraction of sp³-hybridized carbons (Fsp3) is 0.105. The zero-order chi connectivity index (χ0) is 16.6. The highest BCUT2D eigenvalue weighted by molar-refractivity contribution is 5.35. The molecule has 1 aromatic heterocycles. The van der Waals surface area contributed by atoms with E-state index in [2.05, 4.69) is 4.98 Å². The van der Waals surface area contributed by atoms with Crippen molar-refractivity contribution in [3.05, 3.63) is 78.7 Å². The van der Waals surface area contributed by atoms with Gasteiger partial charge in [0, 0.05) is 12.3 Å². The average Bonchev–Trinajstić information content (AvgIpc) is 2.63. The molecule has 3 aromatic rings. The normalized spacial score (nSPS) is 10.2. The second-order valence-corrected chi connectivity index (χ2v) is 4.87. The number of pyridine rings is 1. The molecule has 24 heavy (non-hydrogen) atoms. The lowest BCUT2D eigenvalue weighted by Gasteiger charge is -2.09. The number of ether oxygens (including phenoxy) is 3. The van der Waals surface area contributed by atoms with Gasteiger partial charge in [0.15, 0.2) is 11.6 Å². The molecule has 0 saturated carbocycles.